The molecular weight excluding hydrogens is 278 g/mol. The van der Waals surface area contributed by atoms with Crippen molar-refractivity contribution in [3.8, 4) is 0 Å². The molecule has 1 saturated heterocycles. The molecular formula is C10H12BrNO2S. The molecule has 1 amide bonds. The monoisotopic (exact) mass is 289 g/mol. The lowest BCUT2D eigenvalue weighted by Gasteiger charge is -2.22. The second kappa shape index (κ2) is 4.61. The molecule has 0 bridgehead atoms. The van der Waals surface area contributed by atoms with E-state index in [2.05, 4.69) is 15.9 Å². The maximum absolute atomic E-state index is 11.9. The van der Waals surface area contributed by atoms with E-state index in [1.807, 2.05) is 18.8 Å². The lowest BCUT2D eigenvalue weighted by Crippen LogP contribution is -2.36. The summed E-state index contributed by atoms with van der Waals surface area (Å²) in [6.45, 7) is 0. The number of amides is 1. The highest BCUT2D eigenvalue weighted by molar-refractivity contribution is 9.10. The van der Waals surface area contributed by atoms with Crippen LogP contribution in [0, 0.1) is 0 Å². The normalized spacial score (nSPS) is 20.5. The summed E-state index contributed by atoms with van der Waals surface area (Å²) in [6, 6.07) is 3.79. The van der Waals surface area contributed by atoms with Gasteiger partial charge in [0.05, 0.1) is 0 Å². The van der Waals surface area contributed by atoms with Crippen molar-refractivity contribution in [1.29, 1.82) is 0 Å². The number of nitrogens with zero attached hydrogens (tertiary/aromatic N) is 1. The van der Waals surface area contributed by atoms with Crippen molar-refractivity contribution < 1.29 is 9.21 Å². The van der Waals surface area contributed by atoms with Gasteiger partial charge in [-0.05, 0) is 40.2 Å². The zero-order valence-corrected chi connectivity index (χ0v) is 10.8. The molecule has 1 unspecified atom stereocenters. The van der Waals surface area contributed by atoms with Gasteiger partial charge in [-0.25, -0.2) is 0 Å². The predicted octanol–water partition coefficient (Wildman–Crippen LogP) is 2.62. The molecule has 1 aliphatic rings. The van der Waals surface area contributed by atoms with Gasteiger partial charge in [-0.3, -0.25) is 4.79 Å². The Kier molecular flexibility index (Phi) is 3.41. The second-order valence-corrected chi connectivity index (χ2v) is 5.47. The molecule has 82 valence electrons. The Hall–Kier alpha value is -0.420. The van der Waals surface area contributed by atoms with Crippen LogP contribution in [0.25, 0.3) is 0 Å². The minimum Gasteiger partial charge on any atom is -0.444 e. The molecule has 0 radical (unpaired) electrons. The topological polar surface area (TPSA) is 33.5 Å². The quantitative estimate of drug-likeness (QED) is 0.839. The molecule has 15 heavy (non-hydrogen) atoms. The lowest BCUT2D eigenvalue weighted by molar-refractivity contribution is 0.0714. The first kappa shape index (κ1) is 11.1. The predicted molar refractivity (Wildman–Crippen MR) is 64.2 cm³/mol. The van der Waals surface area contributed by atoms with E-state index < -0.39 is 0 Å². The summed E-state index contributed by atoms with van der Waals surface area (Å²) < 4.78 is 5.84. The maximum atomic E-state index is 11.9. The summed E-state index contributed by atoms with van der Waals surface area (Å²) in [5.41, 5.74) is 0. The number of thioether (sulfide) groups is 1. The molecule has 0 N–H and O–H groups in total. The summed E-state index contributed by atoms with van der Waals surface area (Å²) in [5, 5.41) is 0. The van der Waals surface area contributed by atoms with Crippen LogP contribution in [0.2, 0.25) is 0 Å². The van der Waals surface area contributed by atoms with Crippen LogP contribution in [0.15, 0.2) is 21.2 Å². The Morgan fingerprint density at radius 1 is 1.67 bits per heavy atom. The van der Waals surface area contributed by atoms with Crippen LogP contribution in [-0.4, -0.2) is 35.4 Å². The third-order valence-corrected chi connectivity index (χ3v) is 4.13. The van der Waals surface area contributed by atoms with E-state index in [-0.39, 0.29) is 5.91 Å². The first-order chi connectivity index (χ1) is 7.18. The molecule has 3 nitrogen and oxygen atoms in total. The van der Waals surface area contributed by atoms with E-state index in [4.69, 9.17) is 4.42 Å². The first-order valence-corrected chi connectivity index (χ1v) is 6.73. The van der Waals surface area contributed by atoms with Crippen LogP contribution in [-0.2, 0) is 0 Å². The molecule has 1 atom stereocenters. The highest BCUT2D eigenvalue weighted by Crippen LogP contribution is 2.23. The number of rotatable bonds is 2. The van der Waals surface area contributed by atoms with Gasteiger partial charge in [-0.1, -0.05) is 0 Å². The number of hydrogen-bond acceptors (Lipinski definition) is 3. The Bertz CT molecular complexity index is 360. The van der Waals surface area contributed by atoms with E-state index in [1.165, 1.54) is 0 Å². The molecule has 1 aliphatic heterocycles. The standard InChI is InChI=1S/C10H12BrNO2S/c1-12(7-4-5-15-6-7)10(13)8-2-3-9(11)14-8/h2-3,7H,4-6H2,1H3. The molecule has 0 spiro atoms. The summed E-state index contributed by atoms with van der Waals surface area (Å²) in [6.07, 6.45) is 1.08. The largest absolute Gasteiger partial charge is 0.444 e. The Morgan fingerprint density at radius 3 is 3.00 bits per heavy atom. The molecule has 0 aromatic carbocycles. The maximum Gasteiger partial charge on any atom is 0.289 e. The van der Waals surface area contributed by atoms with Gasteiger partial charge in [-0.2, -0.15) is 11.8 Å². The lowest BCUT2D eigenvalue weighted by atomic mass is 10.2. The Labute approximate surface area is 101 Å². The van der Waals surface area contributed by atoms with Gasteiger partial charge < -0.3 is 9.32 Å². The van der Waals surface area contributed by atoms with Gasteiger partial charge in [0.1, 0.15) is 0 Å². The van der Waals surface area contributed by atoms with Gasteiger partial charge in [0.25, 0.3) is 5.91 Å². The number of halogens is 1. The van der Waals surface area contributed by atoms with Crippen molar-refractivity contribution in [3.05, 3.63) is 22.6 Å². The highest BCUT2D eigenvalue weighted by Gasteiger charge is 2.26. The second-order valence-electron chi connectivity index (χ2n) is 3.54. The summed E-state index contributed by atoms with van der Waals surface area (Å²) in [5.74, 6) is 2.54. The molecule has 1 aromatic rings. The summed E-state index contributed by atoms with van der Waals surface area (Å²) in [7, 11) is 1.84. The smallest absolute Gasteiger partial charge is 0.289 e. The van der Waals surface area contributed by atoms with Crippen LogP contribution in [0.4, 0.5) is 0 Å². The highest BCUT2D eigenvalue weighted by atomic mass is 79.9. The minimum absolute atomic E-state index is 0.0341. The van der Waals surface area contributed by atoms with Crippen LogP contribution in [0.3, 0.4) is 0 Å². The third-order valence-electron chi connectivity index (χ3n) is 2.56. The van der Waals surface area contributed by atoms with Crippen molar-refractivity contribution >= 4 is 33.6 Å². The zero-order valence-electron chi connectivity index (χ0n) is 8.40. The van der Waals surface area contributed by atoms with E-state index in [0.29, 0.717) is 16.5 Å². The van der Waals surface area contributed by atoms with Crippen LogP contribution in [0.1, 0.15) is 17.0 Å². The van der Waals surface area contributed by atoms with Gasteiger partial charge >= 0.3 is 0 Å². The molecule has 5 heteroatoms. The number of hydrogen-bond donors (Lipinski definition) is 0. The average Bonchev–Trinajstić information content (AvgIpc) is 2.85. The third kappa shape index (κ3) is 2.39. The minimum atomic E-state index is -0.0341. The molecule has 2 heterocycles. The first-order valence-electron chi connectivity index (χ1n) is 4.78. The number of carbonyl (C=O) groups is 1. The molecule has 2 rings (SSSR count). The van der Waals surface area contributed by atoms with Gasteiger partial charge in [0.15, 0.2) is 10.4 Å². The fraction of sp³-hybridized carbons (Fsp3) is 0.500. The summed E-state index contributed by atoms with van der Waals surface area (Å²) in [4.78, 5) is 13.7. The van der Waals surface area contributed by atoms with Crippen LogP contribution in [0.5, 0.6) is 0 Å². The SMILES string of the molecule is CN(C(=O)c1ccc(Br)o1)C1CCSC1. The van der Waals surface area contributed by atoms with E-state index in [0.717, 1.165) is 17.9 Å². The number of furan rings is 1. The fourth-order valence-corrected chi connectivity index (χ4v) is 3.17. The Balaban J connectivity index is 2.06. The van der Waals surface area contributed by atoms with E-state index >= 15 is 0 Å². The fourth-order valence-electron chi connectivity index (χ4n) is 1.60. The van der Waals surface area contributed by atoms with Crippen molar-refractivity contribution in [2.75, 3.05) is 18.6 Å². The molecule has 0 aliphatic carbocycles. The van der Waals surface area contributed by atoms with Gasteiger partial charge in [0.2, 0.25) is 0 Å². The van der Waals surface area contributed by atoms with E-state index in [1.54, 1.807) is 17.0 Å². The van der Waals surface area contributed by atoms with Crippen molar-refractivity contribution in [3.63, 3.8) is 0 Å². The van der Waals surface area contributed by atoms with Crippen LogP contribution >= 0.6 is 27.7 Å². The van der Waals surface area contributed by atoms with Gasteiger partial charge in [0, 0.05) is 18.8 Å². The van der Waals surface area contributed by atoms with E-state index in [9.17, 15) is 4.79 Å². The molecule has 1 aromatic heterocycles. The summed E-state index contributed by atoms with van der Waals surface area (Å²) >= 11 is 5.09. The van der Waals surface area contributed by atoms with Gasteiger partial charge in [-0.15, -0.1) is 0 Å². The molecule has 0 saturated carbocycles. The Morgan fingerprint density at radius 2 is 2.47 bits per heavy atom. The van der Waals surface area contributed by atoms with Crippen molar-refractivity contribution in [1.82, 2.24) is 4.90 Å². The molecule has 1 fully saturated rings. The van der Waals surface area contributed by atoms with Crippen molar-refractivity contribution in [2.24, 2.45) is 0 Å². The van der Waals surface area contributed by atoms with Crippen molar-refractivity contribution in [2.45, 2.75) is 12.5 Å². The number of carbonyl (C=O) groups excluding carboxylic acids is 1. The zero-order chi connectivity index (χ0) is 10.8. The average molecular weight is 290 g/mol. The van der Waals surface area contributed by atoms with Crippen LogP contribution < -0.4 is 0 Å².